The number of amides is 1. The lowest BCUT2D eigenvalue weighted by atomic mass is 10.1. The first-order valence-electron chi connectivity index (χ1n) is 5.56. The molecule has 1 heterocycles. The number of nitrogens with zero attached hydrogens (tertiary/aromatic N) is 1. The summed E-state index contributed by atoms with van der Waals surface area (Å²) in [5.41, 5.74) is 5.25. The van der Waals surface area contributed by atoms with Crippen molar-refractivity contribution in [3.05, 3.63) is 0 Å². The Morgan fingerprint density at radius 1 is 1.29 bits per heavy atom. The van der Waals surface area contributed by atoms with Crippen LogP contribution in [-0.4, -0.2) is 48.8 Å². The number of hydrogen-bond donors (Lipinski definition) is 1. The molecular formula is C11H20N2O4. The van der Waals surface area contributed by atoms with Gasteiger partial charge in [0.1, 0.15) is 5.60 Å². The molecule has 2 atom stereocenters. The molecular weight excluding hydrogens is 224 g/mol. The van der Waals surface area contributed by atoms with Gasteiger partial charge in [-0.3, -0.25) is 4.79 Å². The van der Waals surface area contributed by atoms with Gasteiger partial charge in [0.2, 0.25) is 0 Å². The van der Waals surface area contributed by atoms with Gasteiger partial charge in [-0.25, -0.2) is 4.79 Å². The normalized spacial score (nSPS) is 24.6. The molecule has 0 saturated carbocycles. The van der Waals surface area contributed by atoms with Crippen LogP contribution in [0.1, 0.15) is 20.8 Å². The molecule has 1 aliphatic heterocycles. The van der Waals surface area contributed by atoms with Crippen molar-refractivity contribution in [2.45, 2.75) is 32.4 Å². The van der Waals surface area contributed by atoms with E-state index in [1.165, 1.54) is 12.0 Å². The van der Waals surface area contributed by atoms with Gasteiger partial charge in [-0.05, 0) is 20.8 Å². The Morgan fingerprint density at radius 2 is 1.88 bits per heavy atom. The molecule has 0 spiro atoms. The standard InChI is InChI=1S/C11H20N2O4/c1-11(2,3)17-10(15)13-5-7(8(12)6-13)9(14)16-4/h7-8H,5-6,12H2,1-4H3/t7-,8+/m0/s1. The summed E-state index contributed by atoms with van der Waals surface area (Å²) in [4.78, 5) is 24.6. The Morgan fingerprint density at radius 3 is 2.35 bits per heavy atom. The van der Waals surface area contributed by atoms with Gasteiger partial charge in [-0.2, -0.15) is 0 Å². The molecule has 6 nitrogen and oxygen atoms in total. The number of nitrogens with two attached hydrogens (primary N) is 1. The summed E-state index contributed by atoms with van der Waals surface area (Å²) in [6.45, 7) is 5.94. The van der Waals surface area contributed by atoms with E-state index in [4.69, 9.17) is 10.5 Å². The molecule has 98 valence electrons. The second kappa shape index (κ2) is 4.91. The fraction of sp³-hybridized carbons (Fsp3) is 0.818. The first kappa shape index (κ1) is 13.8. The van der Waals surface area contributed by atoms with Crippen LogP contribution in [0.25, 0.3) is 0 Å². The first-order valence-corrected chi connectivity index (χ1v) is 5.56. The van der Waals surface area contributed by atoms with Crippen molar-refractivity contribution in [3.63, 3.8) is 0 Å². The summed E-state index contributed by atoms with van der Waals surface area (Å²) in [5.74, 6) is -0.851. The zero-order valence-electron chi connectivity index (χ0n) is 10.7. The second-order valence-corrected chi connectivity index (χ2v) is 5.18. The van der Waals surface area contributed by atoms with Crippen molar-refractivity contribution in [2.75, 3.05) is 20.2 Å². The number of rotatable bonds is 1. The van der Waals surface area contributed by atoms with E-state index in [1.807, 2.05) is 0 Å². The van der Waals surface area contributed by atoms with Gasteiger partial charge in [0.15, 0.2) is 0 Å². The molecule has 1 fully saturated rings. The third-order valence-electron chi connectivity index (χ3n) is 2.52. The molecule has 1 rings (SSSR count). The monoisotopic (exact) mass is 244 g/mol. The van der Waals surface area contributed by atoms with E-state index in [1.54, 1.807) is 20.8 Å². The zero-order valence-corrected chi connectivity index (χ0v) is 10.7. The van der Waals surface area contributed by atoms with Crippen molar-refractivity contribution in [1.29, 1.82) is 0 Å². The van der Waals surface area contributed by atoms with Gasteiger partial charge in [0.05, 0.1) is 13.0 Å². The third-order valence-corrected chi connectivity index (χ3v) is 2.52. The minimum atomic E-state index is -0.551. The van der Waals surface area contributed by atoms with Gasteiger partial charge in [0.25, 0.3) is 0 Å². The number of carbonyl (C=O) groups is 2. The molecule has 0 aromatic carbocycles. The minimum absolute atomic E-state index is 0.253. The van der Waals surface area contributed by atoms with Gasteiger partial charge in [-0.1, -0.05) is 0 Å². The lowest BCUT2D eigenvalue weighted by Gasteiger charge is -2.24. The summed E-state index contributed by atoms with van der Waals surface area (Å²) in [5, 5.41) is 0. The molecule has 1 aliphatic rings. The van der Waals surface area contributed by atoms with Crippen molar-refractivity contribution >= 4 is 12.1 Å². The Balaban J connectivity index is 2.60. The van der Waals surface area contributed by atoms with Crippen molar-refractivity contribution in [2.24, 2.45) is 11.7 Å². The number of likely N-dealkylation sites (tertiary alicyclic amines) is 1. The quantitative estimate of drug-likeness (QED) is 0.673. The summed E-state index contributed by atoms with van der Waals surface area (Å²) in [6, 6.07) is -0.394. The molecule has 0 unspecified atom stereocenters. The van der Waals surface area contributed by atoms with Crippen molar-refractivity contribution in [1.82, 2.24) is 4.90 Å². The highest BCUT2D eigenvalue weighted by Crippen LogP contribution is 2.19. The fourth-order valence-electron chi connectivity index (χ4n) is 1.71. The van der Waals surface area contributed by atoms with Crippen molar-refractivity contribution in [3.8, 4) is 0 Å². The molecule has 6 heteroatoms. The summed E-state index contributed by atoms with van der Waals surface area (Å²) >= 11 is 0. The summed E-state index contributed by atoms with van der Waals surface area (Å²) in [7, 11) is 1.31. The van der Waals surface area contributed by atoms with Crippen molar-refractivity contribution < 1.29 is 19.1 Å². The lowest BCUT2D eigenvalue weighted by Crippen LogP contribution is -2.36. The molecule has 0 radical (unpaired) electrons. The van der Waals surface area contributed by atoms with E-state index in [0.29, 0.717) is 6.54 Å². The number of methoxy groups -OCH3 is 1. The maximum Gasteiger partial charge on any atom is 0.410 e. The zero-order chi connectivity index (χ0) is 13.2. The highest BCUT2D eigenvalue weighted by Gasteiger charge is 2.39. The molecule has 0 bridgehead atoms. The largest absolute Gasteiger partial charge is 0.469 e. The van der Waals surface area contributed by atoms with Crippen LogP contribution >= 0.6 is 0 Å². The Kier molecular flexibility index (Phi) is 3.98. The Hall–Kier alpha value is -1.30. The molecule has 1 saturated heterocycles. The minimum Gasteiger partial charge on any atom is -0.469 e. The molecule has 0 aromatic rings. The molecule has 0 aromatic heterocycles. The van der Waals surface area contributed by atoms with Crippen LogP contribution in [0, 0.1) is 5.92 Å². The Labute approximate surface area is 101 Å². The van der Waals surface area contributed by atoms with Gasteiger partial charge < -0.3 is 20.1 Å². The first-order chi connectivity index (χ1) is 7.74. The number of hydrogen-bond acceptors (Lipinski definition) is 5. The highest BCUT2D eigenvalue weighted by atomic mass is 16.6. The van der Waals surface area contributed by atoms with Gasteiger partial charge in [0, 0.05) is 19.1 Å². The van der Waals surface area contributed by atoms with E-state index >= 15 is 0 Å². The van der Waals surface area contributed by atoms with Crippen LogP contribution in [0.4, 0.5) is 4.79 Å². The van der Waals surface area contributed by atoms with E-state index in [9.17, 15) is 9.59 Å². The predicted molar refractivity (Wildman–Crippen MR) is 61.3 cm³/mol. The van der Waals surface area contributed by atoms with Crippen LogP contribution < -0.4 is 5.73 Å². The van der Waals surface area contributed by atoms with E-state index in [-0.39, 0.29) is 12.5 Å². The topological polar surface area (TPSA) is 81.9 Å². The van der Waals surface area contributed by atoms with Gasteiger partial charge >= 0.3 is 12.1 Å². The average Bonchev–Trinajstić information content (AvgIpc) is 2.57. The lowest BCUT2D eigenvalue weighted by molar-refractivity contribution is -0.145. The van der Waals surface area contributed by atoms with Crippen LogP contribution in [0.2, 0.25) is 0 Å². The summed E-state index contributed by atoms with van der Waals surface area (Å²) in [6.07, 6.45) is -0.445. The third kappa shape index (κ3) is 3.59. The van der Waals surface area contributed by atoms with Crippen LogP contribution in [0.3, 0.4) is 0 Å². The van der Waals surface area contributed by atoms with E-state index in [0.717, 1.165) is 0 Å². The number of ether oxygens (including phenoxy) is 2. The fourth-order valence-corrected chi connectivity index (χ4v) is 1.71. The SMILES string of the molecule is COC(=O)[C@H]1CN(C(=O)OC(C)(C)C)C[C@H]1N. The molecule has 17 heavy (non-hydrogen) atoms. The summed E-state index contributed by atoms with van der Waals surface area (Å²) < 4.78 is 9.85. The smallest absolute Gasteiger partial charge is 0.410 e. The van der Waals surface area contributed by atoms with Crippen LogP contribution in [0.5, 0.6) is 0 Å². The number of carbonyl (C=O) groups excluding carboxylic acids is 2. The molecule has 2 N–H and O–H groups in total. The van der Waals surface area contributed by atoms with E-state index < -0.39 is 23.7 Å². The number of esters is 1. The molecule has 1 amide bonds. The van der Waals surface area contributed by atoms with Crippen LogP contribution in [-0.2, 0) is 14.3 Å². The van der Waals surface area contributed by atoms with E-state index in [2.05, 4.69) is 4.74 Å². The maximum atomic E-state index is 11.8. The predicted octanol–water partition coefficient (Wildman–Crippen LogP) is 0.354. The van der Waals surface area contributed by atoms with Gasteiger partial charge in [-0.15, -0.1) is 0 Å². The Bertz CT molecular complexity index is 311. The average molecular weight is 244 g/mol. The second-order valence-electron chi connectivity index (χ2n) is 5.18. The maximum absolute atomic E-state index is 11.8. The van der Waals surface area contributed by atoms with Crippen LogP contribution in [0.15, 0.2) is 0 Å². The molecule has 0 aliphatic carbocycles. The highest BCUT2D eigenvalue weighted by molar-refractivity contribution is 5.76.